The molecule has 0 spiro atoms. The third-order valence-corrected chi connectivity index (χ3v) is 5.21. The van der Waals surface area contributed by atoms with Crippen LogP contribution in [-0.2, 0) is 5.11 Å². The Balaban J connectivity index is 1.13. The van der Waals surface area contributed by atoms with Gasteiger partial charge in [-0.25, -0.2) is 10.4 Å². The van der Waals surface area contributed by atoms with Crippen LogP contribution in [0.4, 0.5) is 11.4 Å². The van der Waals surface area contributed by atoms with Gasteiger partial charge >= 0.3 is 0 Å². The van der Waals surface area contributed by atoms with Crippen LogP contribution >= 0.6 is 0 Å². The smallest absolute Gasteiger partial charge is 0.143 e. The maximum atomic E-state index is 12.5. The molecule has 4 aromatic carbocycles. The number of ether oxygens (including phenoxy) is 2. The van der Waals surface area contributed by atoms with Gasteiger partial charge in [-0.3, -0.25) is 0 Å². The minimum Gasteiger partial charge on any atom is -0.494 e. The van der Waals surface area contributed by atoms with Gasteiger partial charge in [0, 0.05) is 0 Å². The van der Waals surface area contributed by atoms with Crippen molar-refractivity contribution in [1.82, 2.24) is 5.32 Å². The number of benzene rings is 4. The number of hydrogen-bond donors (Lipinski definition) is 0. The van der Waals surface area contributed by atoms with Gasteiger partial charge < -0.3 is 9.47 Å². The summed E-state index contributed by atoms with van der Waals surface area (Å²) in [4.78, 5) is 0. The Bertz CT molecular complexity index is 1080. The van der Waals surface area contributed by atoms with Gasteiger partial charge in [0.1, 0.15) is 17.6 Å². The van der Waals surface area contributed by atoms with Crippen molar-refractivity contribution in [2.45, 2.75) is 18.9 Å². The summed E-state index contributed by atoms with van der Waals surface area (Å²) in [6.07, 6.45) is 0.904. The fourth-order valence-corrected chi connectivity index (χ4v) is 3.41. The molecular formula is C29H27NO3. The highest BCUT2D eigenvalue weighted by molar-refractivity contribution is 5.49. The van der Waals surface area contributed by atoms with Crippen LogP contribution in [0.1, 0.15) is 30.1 Å². The number of hydrogen-bond acceptors (Lipinski definition) is 2. The molecule has 4 heteroatoms. The van der Waals surface area contributed by atoms with Crippen LogP contribution in [0.2, 0.25) is 0 Å². The van der Waals surface area contributed by atoms with Crippen molar-refractivity contribution in [3.05, 3.63) is 120 Å². The SMILES string of the molecule is [O]C(c1ccccc1)c1ccc(OCCCCOc2ccc([N]c3ccccc3)cc2)cc1. The fraction of sp³-hybridized carbons (Fsp3) is 0.172. The lowest BCUT2D eigenvalue weighted by molar-refractivity contribution is 0.124. The molecule has 166 valence electrons. The molecule has 33 heavy (non-hydrogen) atoms. The Morgan fingerprint density at radius 2 is 1.00 bits per heavy atom. The first-order chi connectivity index (χ1) is 16.3. The molecule has 0 saturated heterocycles. The third-order valence-electron chi connectivity index (χ3n) is 5.21. The van der Waals surface area contributed by atoms with Crippen LogP contribution in [0.5, 0.6) is 11.5 Å². The van der Waals surface area contributed by atoms with E-state index in [0.717, 1.165) is 46.8 Å². The summed E-state index contributed by atoms with van der Waals surface area (Å²) in [5.74, 6) is 1.61. The molecule has 0 bridgehead atoms. The number of para-hydroxylation sites is 1. The van der Waals surface area contributed by atoms with Crippen LogP contribution in [0.3, 0.4) is 0 Å². The van der Waals surface area contributed by atoms with Gasteiger partial charge in [0.2, 0.25) is 0 Å². The maximum Gasteiger partial charge on any atom is 0.143 e. The second-order valence-electron chi connectivity index (χ2n) is 7.71. The molecule has 1 unspecified atom stereocenters. The van der Waals surface area contributed by atoms with Crippen LogP contribution in [-0.4, -0.2) is 13.2 Å². The van der Waals surface area contributed by atoms with Crippen molar-refractivity contribution in [3.63, 3.8) is 0 Å². The van der Waals surface area contributed by atoms with Gasteiger partial charge in [-0.05, 0) is 72.5 Å². The van der Waals surface area contributed by atoms with Crippen LogP contribution in [0, 0.1) is 0 Å². The minimum atomic E-state index is -0.876. The van der Waals surface area contributed by atoms with Crippen molar-refractivity contribution in [3.8, 4) is 11.5 Å². The van der Waals surface area contributed by atoms with E-state index in [-0.39, 0.29) is 0 Å². The highest BCUT2D eigenvalue weighted by atomic mass is 16.5. The highest BCUT2D eigenvalue weighted by Crippen LogP contribution is 2.24. The summed E-state index contributed by atoms with van der Waals surface area (Å²) in [6.45, 7) is 1.24. The fourth-order valence-electron chi connectivity index (χ4n) is 3.41. The van der Waals surface area contributed by atoms with Crippen molar-refractivity contribution in [2.75, 3.05) is 13.2 Å². The normalized spacial score (nSPS) is 11.5. The quantitative estimate of drug-likeness (QED) is 0.237. The Morgan fingerprint density at radius 3 is 1.58 bits per heavy atom. The number of rotatable bonds is 11. The van der Waals surface area contributed by atoms with Gasteiger partial charge in [-0.2, -0.15) is 0 Å². The van der Waals surface area contributed by atoms with E-state index in [1.165, 1.54) is 0 Å². The van der Waals surface area contributed by atoms with Gasteiger partial charge in [0.05, 0.1) is 24.6 Å². The largest absolute Gasteiger partial charge is 0.494 e. The first-order valence-electron chi connectivity index (χ1n) is 11.2. The molecule has 1 atom stereocenters. The van der Waals surface area contributed by atoms with Crippen LogP contribution < -0.4 is 14.8 Å². The molecule has 4 nitrogen and oxygen atoms in total. The van der Waals surface area contributed by atoms with E-state index < -0.39 is 6.10 Å². The first kappa shape index (κ1) is 22.4. The van der Waals surface area contributed by atoms with E-state index in [4.69, 9.17) is 9.47 Å². The zero-order valence-corrected chi connectivity index (χ0v) is 18.5. The lowest BCUT2D eigenvalue weighted by atomic mass is 10.0. The maximum absolute atomic E-state index is 12.5. The zero-order chi connectivity index (χ0) is 22.7. The van der Waals surface area contributed by atoms with Gasteiger partial charge in [-0.15, -0.1) is 0 Å². The molecule has 0 aliphatic carbocycles. The zero-order valence-electron chi connectivity index (χ0n) is 18.5. The molecule has 4 rings (SSSR count). The predicted octanol–water partition coefficient (Wildman–Crippen LogP) is 7.01. The molecule has 0 heterocycles. The van der Waals surface area contributed by atoms with Crippen molar-refractivity contribution >= 4 is 11.4 Å². The molecule has 0 aromatic heterocycles. The Hall–Kier alpha value is -3.76. The molecule has 0 amide bonds. The Labute approximate surface area is 195 Å². The number of nitrogens with zero attached hydrogens (tertiary/aromatic N) is 1. The Morgan fingerprint density at radius 1 is 0.545 bits per heavy atom. The monoisotopic (exact) mass is 437 g/mol. The summed E-state index contributed by atoms with van der Waals surface area (Å²) in [6, 6.07) is 34.5. The van der Waals surface area contributed by atoms with Crippen LogP contribution in [0.25, 0.3) is 0 Å². The Kier molecular flexibility index (Phi) is 7.98. The van der Waals surface area contributed by atoms with Crippen LogP contribution in [0.15, 0.2) is 109 Å². The lowest BCUT2D eigenvalue weighted by Crippen LogP contribution is -2.03. The summed E-state index contributed by atoms with van der Waals surface area (Å²) >= 11 is 0. The second kappa shape index (κ2) is 11.7. The standard InChI is InChI=1S/C29H27NO3/c31-29(23-9-3-1-4-10-23)24-13-17-27(18-14-24)32-21-7-8-22-33-28-19-15-26(16-20-28)30-25-11-5-2-6-12-25/h1-6,9-20,29H,7-8,21-22H2. The molecule has 0 aliphatic rings. The highest BCUT2D eigenvalue weighted by Gasteiger charge is 2.11. The van der Waals surface area contributed by atoms with Crippen molar-refractivity contribution < 1.29 is 14.6 Å². The van der Waals surface area contributed by atoms with Crippen molar-refractivity contribution in [1.29, 1.82) is 0 Å². The van der Waals surface area contributed by atoms with Crippen molar-refractivity contribution in [2.24, 2.45) is 0 Å². The van der Waals surface area contributed by atoms with E-state index in [1.54, 1.807) is 0 Å². The lowest BCUT2D eigenvalue weighted by Gasteiger charge is -2.11. The van der Waals surface area contributed by atoms with E-state index in [0.29, 0.717) is 13.2 Å². The van der Waals surface area contributed by atoms with Gasteiger partial charge in [0.15, 0.2) is 0 Å². The molecule has 2 radical (unpaired) electrons. The predicted molar refractivity (Wildman–Crippen MR) is 130 cm³/mol. The molecular weight excluding hydrogens is 410 g/mol. The molecule has 0 N–H and O–H groups in total. The van der Waals surface area contributed by atoms with E-state index >= 15 is 0 Å². The van der Waals surface area contributed by atoms with Gasteiger partial charge in [0.25, 0.3) is 0 Å². The van der Waals surface area contributed by atoms with E-state index in [2.05, 4.69) is 5.32 Å². The van der Waals surface area contributed by atoms with Gasteiger partial charge in [-0.1, -0.05) is 60.7 Å². The first-order valence-corrected chi connectivity index (χ1v) is 11.2. The molecule has 0 saturated carbocycles. The summed E-state index contributed by atoms with van der Waals surface area (Å²) in [5, 5.41) is 17.1. The summed E-state index contributed by atoms with van der Waals surface area (Å²) in [5.41, 5.74) is 3.35. The summed E-state index contributed by atoms with van der Waals surface area (Å²) in [7, 11) is 0. The average Bonchev–Trinajstić information content (AvgIpc) is 2.88. The average molecular weight is 438 g/mol. The summed E-state index contributed by atoms with van der Waals surface area (Å²) < 4.78 is 11.6. The number of unbranched alkanes of at least 4 members (excludes halogenated alkanes) is 1. The molecule has 0 aliphatic heterocycles. The topological polar surface area (TPSA) is 52.5 Å². The molecule has 4 aromatic rings. The minimum absolute atomic E-state index is 0.608. The third kappa shape index (κ3) is 6.86. The van der Waals surface area contributed by atoms with E-state index in [1.807, 2.05) is 109 Å². The molecule has 0 fully saturated rings. The second-order valence-corrected chi connectivity index (χ2v) is 7.71. The van der Waals surface area contributed by atoms with E-state index in [9.17, 15) is 5.11 Å².